The van der Waals surface area contributed by atoms with Crippen molar-refractivity contribution < 1.29 is 9.53 Å². The summed E-state index contributed by atoms with van der Waals surface area (Å²) in [6.45, 7) is 4.83. The van der Waals surface area contributed by atoms with Crippen molar-refractivity contribution >= 4 is 35.8 Å². The highest BCUT2D eigenvalue weighted by Crippen LogP contribution is 2.27. The number of imidazole rings is 1. The molecule has 1 amide bonds. The van der Waals surface area contributed by atoms with E-state index in [4.69, 9.17) is 4.74 Å². The van der Waals surface area contributed by atoms with Crippen LogP contribution in [0.2, 0.25) is 0 Å². The first-order valence-corrected chi connectivity index (χ1v) is 10.3. The summed E-state index contributed by atoms with van der Waals surface area (Å²) in [5.74, 6) is 2.10. The van der Waals surface area contributed by atoms with E-state index in [0.29, 0.717) is 24.3 Å². The van der Waals surface area contributed by atoms with E-state index in [1.807, 2.05) is 50.0 Å². The zero-order valence-corrected chi connectivity index (χ0v) is 21.0. The second-order valence-electron chi connectivity index (χ2n) is 7.91. The molecule has 0 bridgehead atoms. The van der Waals surface area contributed by atoms with Gasteiger partial charge in [-0.25, -0.2) is 4.98 Å². The van der Waals surface area contributed by atoms with Crippen LogP contribution in [-0.4, -0.2) is 72.1 Å². The van der Waals surface area contributed by atoms with Gasteiger partial charge < -0.3 is 24.4 Å². The van der Waals surface area contributed by atoms with Crippen LogP contribution in [0.15, 0.2) is 48.0 Å². The number of ether oxygens (including phenoxy) is 1. The van der Waals surface area contributed by atoms with Crippen molar-refractivity contribution in [2.75, 3.05) is 40.8 Å². The number of aliphatic imine (C=N–C) groups is 1. The number of amides is 1. The van der Waals surface area contributed by atoms with Crippen LogP contribution in [0.1, 0.15) is 24.9 Å². The van der Waals surface area contributed by atoms with Gasteiger partial charge in [-0.1, -0.05) is 19.1 Å². The molecule has 1 aromatic carbocycles. The number of likely N-dealkylation sites (N-methyl/N-ethyl adjacent to an activating group) is 1. The van der Waals surface area contributed by atoms with Crippen LogP contribution in [-0.2, 0) is 11.3 Å². The number of halogens is 1. The molecule has 1 fully saturated rings. The monoisotopic (exact) mass is 540 g/mol. The Labute approximate surface area is 201 Å². The molecule has 1 aliphatic heterocycles. The summed E-state index contributed by atoms with van der Waals surface area (Å²) in [5, 5.41) is 3.47. The van der Waals surface area contributed by atoms with Crippen LogP contribution in [0.5, 0.6) is 5.75 Å². The van der Waals surface area contributed by atoms with Crippen molar-refractivity contribution in [3.63, 3.8) is 0 Å². The molecular formula is C22H33IN6O2. The number of likely N-dealkylation sites (tertiary alicyclic amines) is 1. The van der Waals surface area contributed by atoms with Crippen LogP contribution < -0.4 is 10.1 Å². The van der Waals surface area contributed by atoms with Gasteiger partial charge in [-0.05, 0) is 30.0 Å². The predicted molar refractivity (Wildman–Crippen MR) is 133 cm³/mol. The Kier molecular flexibility index (Phi) is 9.60. The number of benzene rings is 1. The predicted octanol–water partition coefficient (Wildman–Crippen LogP) is 2.63. The highest BCUT2D eigenvalue weighted by Gasteiger charge is 2.28. The van der Waals surface area contributed by atoms with Crippen molar-refractivity contribution in [1.82, 2.24) is 24.7 Å². The van der Waals surface area contributed by atoms with Gasteiger partial charge in [0.1, 0.15) is 5.75 Å². The Hall–Kier alpha value is -2.30. The lowest BCUT2D eigenvalue weighted by Gasteiger charge is -2.39. The largest absolute Gasteiger partial charge is 0.484 e. The van der Waals surface area contributed by atoms with Crippen molar-refractivity contribution in [3.05, 3.63) is 48.5 Å². The summed E-state index contributed by atoms with van der Waals surface area (Å²) in [6, 6.07) is 8.17. The topological polar surface area (TPSA) is 75.0 Å². The minimum Gasteiger partial charge on any atom is -0.484 e. The van der Waals surface area contributed by atoms with Crippen LogP contribution in [0.4, 0.5) is 0 Å². The molecule has 0 spiro atoms. The lowest BCUT2D eigenvalue weighted by atomic mass is 9.93. The molecule has 1 saturated heterocycles. The summed E-state index contributed by atoms with van der Waals surface area (Å²) in [7, 11) is 5.26. The second kappa shape index (κ2) is 11.9. The van der Waals surface area contributed by atoms with E-state index in [9.17, 15) is 4.79 Å². The third-order valence-corrected chi connectivity index (χ3v) is 5.55. The fourth-order valence-electron chi connectivity index (χ4n) is 3.63. The zero-order valence-electron chi connectivity index (χ0n) is 18.7. The first-order valence-electron chi connectivity index (χ1n) is 10.3. The minimum atomic E-state index is -0.0642. The van der Waals surface area contributed by atoms with Gasteiger partial charge in [0.2, 0.25) is 0 Å². The molecule has 1 aliphatic rings. The van der Waals surface area contributed by atoms with Gasteiger partial charge in [0, 0.05) is 53.2 Å². The van der Waals surface area contributed by atoms with E-state index in [1.54, 1.807) is 14.1 Å². The summed E-state index contributed by atoms with van der Waals surface area (Å²) in [6.07, 6.45) is 6.87. The third-order valence-electron chi connectivity index (χ3n) is 5.55. The van der Waals surface area contributed by atoms with Crippen LogP contribution in [0, 0.1) is 5.92 Å². The number of hydrogen-bond donors (Lipinski definition) is 1. The molecule has 0 saturated carbocycles. The van der Waals surface area contributed by atoms with E-state index in [-0.39, 0.29) is 36.5 Å². The second-order valence-corrected chi connectivity index (χ2v) is 7.91. The fourth-order valence-corrected chi connectivity index (χ4v) is 3.63. The molecule has 9 heteroatoms. The van der Waals surface area contributed by atoms with Crippen molar-refractivity contribution in [1.29, 1.82) is 0 Å². The lowest BCUT2D eigenvalue weighted by molar-refractivity contribution is -0.130. The quantitative estimate of drug-likeness (QED) is 0.347. The van der Waals surface area contributed by atoms with Gasteiger partial charge in [-0.2, -0.15) is 0 Å². The molecule has 170 valence electrons. The minimum absolute atomic E-state index is 0. The molecule has 2 atom stereocenters. The number of hydrogen-bond acceptors (Lipinski definition) is 4. The summed E-state index contributed by atoms with van der Waals surface area (Å²) < 4.78 is 7.81. The number of aromatic nitrogens is 2. The maximum atomic E-state index is 11.7. The van der Waals surface area contributed by atoms with E-state index in [1.165, 1.54) is 4.90 Å². The Balaban J connectivity index is 0.00000341. The highest BCUT2D eigenvalue weighted by atomic mass is 127. The molecule has 2 heterocycles. The first-order chi connectivity index (χ1) is 14.5. The summed E-state index contributed by atoms with van der Waals surface area (Å²) in [4.78, 5) is 24.3. The molecule has 2 aromatic rings. The van der Waals surface area contributed by atoms with Gasteiger partial charge in [-0.15, -0.1) is 24.0 Å². The average molecular weight is 540 g/mol. The zero-order chi connectivity index (χ0) is 21.5. The number of guanidine groups is 1. The first kappa shape index (κ1) is 25.0. The van der Waals surface area contributed by atoms with E-state index >= 15 is 0 Å². The van der Waals surface area contributed by atoms with E-state index in [0.717, 1.165) is 31.0 Å². The third kappa shape index (κ3) is 6.84. The van der Waals surface area contributed by atoms with Gasteiger partial charge >= 0.3 is 0 Å². The fraction of sp³-hybridized carbons (Fsp3) is 0.500. The molecule has 3 rings (SSSR count). The number of carbonyl (C=O) groups excluding carboxylic acids is 1. The smallest absolute Gasteiger partial charge is 0.259 e. The lowest BCUT2D eigenvalue weighted by Crippen LogP contribution is -2.48. The molecular weight excluding hydrogens is 507 g/mol. The average Bonchev–Trinajstić information content (AvgIpc) is 3.28. The standard InChI is InChI=1S/C22H32N6O2.HI/c1-17-8-10-27(14-20(17)28-11-9-24-16-28)22(23-2)25-13-18-6-5-7-19(12-18)30-15-21(29)26(3)4;/h5-7,9,11-12,16-17,20H,8,10,13-15H2,1-4H3,(H,23,25);1H. The summed E-state index contributed by atoms with van der Waals surface area (Å²) in [5.41, 5.74) is 1.07. The molecule has 0 radical (unpaired) electrons. The normalized spacial score (nSPS) is 18.8. The molecule has 1 N–H and O–H groups in total. The van der Waals surface area contributed by atoms with Crippen molar-refractivity contribution in [2.24, 2.45) is 10.9 Å². The van der Waals surface area contributed by atoms with Gasteiger partial charge in [0.25, 0.3) is 5.91 Å². The summed E-state index contributed by atoms with van der Waals surface area (Å²) >= 11 is 0. The van der Waals surface area contributed by atoms with Crippen molar-refractivity contribution in [3.8, 4) is 5.75 Å². The molecule has 1 aromatic heterocycles. The molecule has 8 nitrogen and oxygen atoms in total. The Morgan fingerprint density at radius 2 is 2.19 bits per heavy atom. The molecule has 31 heavy (non-hydrogen) atoms. The molecule has 0 aliphatic carbocycles. The van der Waals surface area contributed by atoms with Crippen LogP contribution >= 0.6 is 24.0 Å². The number of rotatable bonds is 6. The van der Waals surface area contributed by atoms with Gasteiger partial charge in [-0.3, -0.25) is 9.79 Å². The highest BCUT2D eigenvalue weighted by molar-refractivity contribution is 14.0. The van der Waals surface area contributed by atoms with E-state index < -0.39 is 0 Å². The Morgan fingerprint density at radius 3 is 2.87 bits per heavy atom. The maximum absolute atomic E-state index is 11.7. The number of piperidine rings is 1. The van der Waals surface area contributed by atoms with Gasteiger partial charge in [0.05, 0.1) is 12.4 Å². The number of carbonyl (C=O) groups is 1. The molecule has 2 unspecified atom stereocenters. The number of nitrogens with one attached hydrogen (secondary N) is 1. The van der Waals surface area contributed by atoms with Crippen molar-refractivity contribution in [2.45, 2.75) is 25.9 Å². The number of nitrogens with zero attached hydrogens (tertiary/aromatic N) is 5. The van der Waals surface area contributed by atoms with Crippen LogP contribution in [0.25, 0.3) is 0 Å². The SMILES string of the molecule is CN=C(NCc1cccc(OCC(=O)N(C)C)c1)N1CCC(C)C(n2ccnc2)C1.I. The Morgan fingerprint density at radius 1 is 1.39 bits per heavy atom. The van der Waals surface area contributed by atoms with Gasteiger partial charge in [0.15, 0.2) is 12.6 Å². The van der Waals surface area contributed by atoms with Crippen LogP contribution in [0.3, 0.4) is 0 Å². The maximum Gasteiger partial charge on any atom is 0.259 e. The Bertz CT molecular complexity index is 855. The van der Waals surface area contributed by atoms with E-state index in [2.05, 4.69) is 31.7 Å².